The number of anilines is 2. The maximum atomic E-state index is 14.0. The van der Waals surface area contributed by atoms with Crippen molar-refractivity contribution in [2.45, 2.75) is 88.6 Å². The van der Waals surface area contributed by atoms with Crippen LogP contribution in [0.1, 0.15) is 70.7 Å². The molecule has 1 aromatic heterocycles. The number of ether oxygens (including phenoxy) is 3. The maximum Gasteiger partial charge on any atom is 0.501 e. The number of nitrogens with one attached hydrogen (secondary N) is 2. The van der Waals surface area contributed by atoms with Gasteiger partial charge in [0, 0.05) is 36.4 Å². The minimum atomic E-state index is -5.68. The van der Waals surface area contributed by atoms with Crippen molar-refractivity contribution >= 4 is 56.0 Å². The number of halogens is 3. The van der Waals surface area contributed by atoms with Gasteiger partial charge in [-0.3, -0.25) is 14.8 Å². The van der Waals surface area contributed by atoms with E-state index < -0.39 is 61.5 Å². The van der Waals surface area contributed by atoms with Crippen molar-refractivity contribution in [3.8, 4) is 5.75 Å². The standard InChI is InChI=1S/C40H46F3N5O10S/c1-38(2,3)57-36(52)48(37(53)58-39(4,5)6)47(30-13-9-27-23-45-18-17-24(27)21-30)34(35(50)51)26-10-14-31(56-8)25(19-26)11-16-33(49)46-29-12-15-32(28(20-29)22-44-7)59(54,55)40(41,42)43/h9-10,12-15,17-21,23,34,44H,11,16,22H2,1-8H3,(H,46,49)(H,50,51). The van der Waals surface area contributed by atoms with Gasteiger partial charge in [0.25, 0.3) is 9.84 Å². The van der Waals surface area contributed by atoms with Crippen LogP contribution in [0.25, 0.3) is 10.8 Å². The molecule has 3 amide bonds. The van der Waals surface area contributed by atoms with Crippen LogP contribution in [-0.2, 0) is 41.9 Å². The van der Waals surface area contributed by atoms with Gasteiger partial charge in [-0.1, -0.05) is 12.1 Å². The SMILES string of the molecule is CNCc1cc(NC(=O)CCc2cc(C(C(=O)O)N(c3ccc4cnccc4c3)N(C(=O)OC(C)(C)C)C(=O)OC(C)(C)C)ccc2OC)ccc1S(=O)(=O)C(F)(F)F. The van der Waals surface area contributed by atoms with E-state index in [9.17, 15) is 45.9 Å². The number of alkyl halides is 3. The van der Waals surface area contributed by atoms with Crippen molar-refractivity contribution < 1.29 is 60.1 Å². The monoisotopic (exact) mass is 845 g/mol. The number of carbonyl (C=O) groups is 4. The number of rotatable bonds is 13. The number of benzene rings is 3. The molecule has 0 aliphatic heterocycles. The molecule has 0 fully saturated rings. The number of hydrogen-bond acceptors (Lipinski definition) is 12. The van der Waals surface area contributed by atoms with Gasteiger partial charge in [-0.15, -0.1) is 5.01 Å². The number of carbonyl (C=O) groups excluding carboxylic acids is 3. The van der Waals surface area contributed by atoms with E-state index in [0.717, 1.165) is 23.2 Å². The number of carboxylic acids is 1. The third-order valence-electron chi connectivity index (χ3n) is 8.26. The number of aromatic nitrogens is 1. The number of hydrogen-bond donors (Lipinski definition) is 3. The van der Waals surface area contributed by atoms with E-state index in [1.165, 1.54) is 44.6 Å². The lowest BCUT2D eigenvalue weighted by atomic mass is 9.99. The Morgan fingerprint density at radius 3 is 2.05 bits per heavy atom. The summed E-state index contributed by atoms with van der Waals surface area (Å²) < 4.78 is 81.1. The first-order valence-corrected chi connectivity index (χ1v) is 19.5. The highest BCUT2D eigenvalue weighted by molar-refractivity contribution is 7.92. The average molecular weight is 846 g/mol. The lowest BCUT2D eigenvalue weighted by Crippen LogP contribution is -2.56. The summed E-state index contributed by atoms with van der Waals surface area (Å²) in [5.41, 5.74) is -7.56. The van der Waals surface area contributed by atoms with Crippen molar-refractivity contribution in [3.63, 3.8) is 0 Å². The summed E-state index contributed by atoms with van der Waals surface area (Å²) >= 11 is 0. The lowest BCUT2D eigenvalue weighted by Gasteiger charge is -2.39. The molecular weight excluding hydrogens is 800 g/mol. The summed E-state index contributed by atoms with van der Waals surface area (Å²) in [5, 5.41) is 18.8. The minimum Gasteiger partial charge on any atom is -0.496 e. The topological polar surface area (TPSA) is 194 Å². The molecule has 4 rings (SSSR count). The average Bonchev–Trinajstić information content (AvgIpc) is 3.11. The fourth-order valence-electron chi connectivity index (χ4n) is 5.85. The van der Waals surface area contributed by atoms with Crippen LogP contribution in [0.4, 0.5) is 34.1 Å². The summed E-state index contributed by atoms with van der Waals surface area (Å²) in [4.78, 5) is 57.8. The Morgan fingerprint density at radius 1 is 0.847 bits per heavy atom. The number of imide groups is 1. The number of carboxylic acid groups (broad SMARTS) is 1. The number of nitrogens with zero attached hydrogens (tertiary/aromatic N) is 3. The summed E-state index contributed by atoms with van der Waals surface area (Å²) in [7, 11) is -2.91. The molecule has 0 spiro atoms. The van der Waals surface area contributed by atoms with Gasteiger partial charge in [0.1, 0.15) is 17.0 Å². The van der Waals surface area contributed by atoms with Gasteiger partial charge in [0.05, 0.1) is 17.7 Å². The van der Waals surface area contributed by atoms with Crippen LogP contribution < -0.4 is 20.4 Å². The molecule has 1 atom stereocenters. The zero-order chi connectivity index (χ0) is 44.1. The van der Waals surface area contributed by atoms with Crippen LogP contribution in [-0.4, -0.2) is 78.4 Å². The number of methoxy groups -OCH3 is 1. The van der Waals surface area contributed by atoms with E-state index in [2.05, 4.69) is 15.6 Å². The van der Waals surface area contributed by atoms with E-state index >= 15 is 0 Å². The molecular formula is C40H46F3N5O10S. The molecule has 0 radical (unpaired) electrons. The molecule has 15 nitrogen and oxygen atoms in total. The third kappa shape index (κ3) is 11.4. The molecule has 0 aliphatic carbocycles. The molecule has 1 heterocycles. The molecule has 0 saturated heterocycles. The van der Waals surface area contributed by atoms with Crippen LogP contribution in [0.5, 0.6) is 5.75 Å². The predicted octanol–water partition coefficient (Wildman–Crippen LogP) is 7.55. The van der Waals surface area contributed by atoms with Gasteiger partial charge in [-0.05, 0) is 126 Å². The van der Waals surface area contributed by atoms with Crippen LogP contribution >= 0.6 is 0 Å². The van der Waals surface area contributed by atoms with Crippen LogP contribution in [0.15, 0.2) is 78.0 Å². The molecule has 1 unspecified atom stereocenters. The number of amides is 3. The van der Waals surface area contributed by atoms with Gasteiger partial charge >= 0.3 is 23.7 Å². The number of pyridine rings is 1. The summed E-state index contributed by atoms with van der Waals surface area (Å²) in [6, 6.07) is 11.8. The zero-order valence-corrected chi connectivity index (χ0v) is 34.4. The summed E-state index contributed by atoms with van der Waals surface area (Å²) in [5.74, 6) is -1.87. The number of aliphatic carboxylic acids is 1. The second kappa shape index (κ2) is 17.9. The van der Waals surface area contributed by atoms with Crippen molar-refractivity contribution in [2.24, 2.45) is 0 Å². The first-order chi connectivity index (χ1) is 27.4. The van der Waals surface area contributed by atoms with E-state index in [-0.39, 0.29) is 47.6 Å². The molecule has 3 aromatic carbocycles. The van der Waals surface area contributed by atoms with Gasteiger partial charge in [0.15, 0.2) is 6.04 Å². The normalized spacial score (nSPS) is 12.7. The zero-order valence-electron chi connectivity index (χ0n) is 33.6. The van der Waals surface area contributed by atoms with Gasteiger partial charge in [-0.25, -0.2) is 22.8 Å². The molecule has 3 N–H and O–H groups in total. The molecule has 318 valence electrons. The highest BCUT2D eigenvalue weighted by Crippen LogP contribution is 2.37. The van der Waals surface area contributed by atoms with Gasteiger partial charge < -0.3 is 30.0 Å². The van der Waals surface area contributed by atoms with Gasteiger partial charge in [0.2, 0.25) is 5.91 Å². The van der Waals surface area contributed by atoms with Crippen LogP contribution in [0, 0.1) is 0 Å². The van der Waals surface area contributed by atoms with E-state index in [0.29, 0.717) is 21.3 Å². The summed E-state index contributed by atoms with van der Waals surface area (Å²) in [6.45, 7) is 9.17. The third-order valence-corrected chi connectivity index (χ3v) is 9.85. The number of fused-ring (bicyclic) bond motifs is 1. The van der Waals surface area contributed by atoms with Crippen LogP contribution in [0.2, 0.25) is 0 Å². The number of sulfone groups is 1. The van der Waals surface area contributed by atoms with E-state index in [4.69, 9.17) is 14.2 Å². The first-order valence-electron chi connectivity index (χ1n) is 18.0. The van der Waals surface area contributed by atoms with Crippen molar-refractivity contribution in [1.82, 2.24) is 15.3 Å². The quantitative estimate of drug-likeness (QED) is 0.112. The Balaban J connectivity index is 1.78. The highest BCUT2D eigenvalue weighted by atomic mass is 32.2. The van der Waals surface area contributed by atoms with Gasteiger partial charge in [-0.2, -0.15) is 13.2 Å². The van der Waals surface area contributed by atoms with Crippen molar-refractivity contribution in [3.05, 3.63) is 89.7 Å². The second-order valence-electron chi connectivity index (χ2n) is 15.2. The van der Waals surface area contributed by atoms with E-state index in [1.54, 1.807) is 65.9 Å². The molecule has 59 heavy (non-hydrogen) atoms. The second-order valence-corrected chi connectivity index (χ2v) is 17.1. The Morgan fingerprint density at radius 2 is 1.49 bits per heavy atom. The molecule has 0 saturated carbocycles. The fraction of sp³-hybridized carbons (Fsp3) is 0.375. The van der Waals surface area contributed by atoms with Crippen LogP contribution in [0.3, 0.4) is 0 Å². The Kier molecular flexibility index (Phi) is 13.9. The fourth-order valence-corrected chi connectivity index (χ4v) is 6.82. The number of hydrazine groups is 1. The Labute approximate surface area is 339 Å². The first kappa shape index (κ1) is 45.7. The Hall–Kier alpha value is -5.95. The molecule has 0 bridgehead atoms. The molecule has 19 heteroatoms. The van der Waals surface area contributed by atoms with E-state index in [1.807, 2.05) is 0 Å². The lowest BCUT2D eigenvalue weighted by molar-refractivity contribution is -0.139. The highest BCUT2D eigenvalue weighted by Gasteiger charge is 2.48. The van der Waals surface area contributed by atoms with Crippen molar-refractivity contribution in [1.29, 1.82) is 0 Å². The van der Waals surface area contributed by atoms with Crippen molar-refractivity contribution in [2.75, 3.05) is 24.5 Å². The molecule has 0 aliphatic rings. The number of aryl methyl sites for hydroxylation is 1. The maximum absolute atomic E-state index is 14.0. The molecule has 4 aromatic rings. The largest absolute Gasteiger partial charge is 0.501 e. The smallest absolute Gasteiger partial charge is 0.496 e. The predicted molar refractivity (Wildman–Crippen MR) is 211 cm³/mol. The Bertz CT molecular complexity index is 2300. The minimum absolute atomic E-state index is 0.0271. The summed E-state index contributed by atoms with van der Waals surface area (Å²) in [6.07, 6.45) is 0.305.